The van der Waals surface area contributed by atoms with E-state index in [1.54, 1.807) is 12.1 Å². The molecule has 1 saturated heterocycles. The zero-order valence-corrected chi connectivity index (χ0v) is 17.5. The first-order valence-electron chi connectivity index (χ1n) is 9.88. The monoisotopic (exact) mass is 418 g/mol. The lowest BCUT2D eigenvalue weighted by Crippen LogP contribution is -2.41. The predicted molar refractivity (Wildman–Crippen MR) is 115 cm³/mol. The molecule has 156 valence electrons. The summed E-state index contributed by atoms with van der Waals surface area (Å²) in [7, 11) is 0. The summed E-state index contributed by atoms with van der Waals surface area (Å²) in [5.74, 6) is 1.02. The average Bonchev–Trinajstić information content (AvgIpc) is 2.75. The Bertz CT molecular complexity index is 795. The molecule has 7 heteroatoms. The van der Waals surface area contributed by atoms with E-state index in [2.05, 4.69) is 10.2 Å². The van der Waals surface area contributed by atoms with Crippen LogP contribution < -0.4 is 14.8 Å². The van der Waals surface area contributed by atoms with E-state index in [-0.39, 0.29) is 5.82 Å². The predicted octanol–water partition coefficient (Wildman–Crippen LogP) is 3.40. The third kappa shape index (κ3) is 6.66. The van der Waals surface area contributed by atoms with E-state index >= 15 is 0 Å². The number of nitrogens with zero attached hydrogens (tertiary/aromatic N) is 1. The molecule has 1 aliphatic heterocycles. The standard InChI is InChI=1S/C22H27FN2O3S/c1-2-27-21-15-18(22(29)24-9-10-25-11-13-26-14-12-25)5-8-20(21)28-16-17-3-6-19(23)7-4-17/h3-8,15H,2,9-14,16H2,1H3,(H,24,29). The summed E-state index contributed by atoms with van der Waals surface area (Å²) in [6.07, 6.45) is 0. The molecule has 1 fully saturated rings. The van der Waals surface area contributed by atoms with Gasteiger partial charge in [0.15, 0.2) is 11.5 Å². The summed E-state index contributed by atoms with van der Waals surface area (Å²) >= 11 is 5.54. The minimum atomic E-state index is -0.261. The second kappa shape index (κ2) is 11.1. The van der Waals surface area contributed by atoms with Crippen LogP contribution in [0.5, 0.6) is 11.5 Å². The van der Waals surface area contributed by atoms with Gasteiger partial charge in [0, 0.05) is 31.7 Å². The maximum Gasteiger partial charge on any atom is 0.161 e. The maximum atomic E-state index is 13.0. The Morgan fingerprint density at radius 2 is 1.86 bits per heavy atom. The number of halogens is 1. The van der Waals surface area contributed by atoms with Gasteiger partial charge in [0.2, 0.25) is 0 Å². The van der Waals surface area contributed by atoms with Gasteiger partial charge >= 0.3 is 0 Å². The Balaban J connectivity index is 1.57. The first-order valence-corrected chi connectivity index (χ1v) is 10.3. The van der Waals surface area contributed by atoms with Gasteiger partial charge in [0.05, 0.1) is 19.8 Å². The van der Waals surface area contributed by atoms with E-state index < -0.39 is 0 Å². The lowest BCUT2D eigenvalue weighted by molar-refractivity contribution is 0.0389. The highest BCUT2D eigenvalue weighted by Gasteiger charge is 2.12. The van der Waals surface area contributed by atoms with Gasteiger partial charge in [-0.25, -0.2) is 4.39 Å². The van der Waals surface area contributed by atoms with Crippen molar-refractivity contribution >= 4 is 17.2 Å². The van der Waals surface area contributed by atoms with Crippen molar-refractivity contribution in [2.75, 3.05) is 46.0 Å². The van der Waals surface area contributed by atoms with E-state index in [1.807, 2.05) is 25.1 Å². The molecule has 0 unspecified atom stereocenters. The molecular formula is C22H27FN2O3S. The van der Waals surface area contributed by atoms with E-state index in [9.17, 15) is 4.39 Å². The summed E-state index contributed by atoms with van der Waals surface area (Å²) in [6, 6.07) is 11.9. The zero-order chi connectivity index (χ0) is 20.5. The van der Waals surface area contributed by atoms with Gasteiger partial charge < -0.3 is 19.5 Å². The van der Waals surface area contributed by atoms with Crippen LogP contribution in [0.4, 0.5) is 4.39 Å². The number of thiocarbonyl (C=S) groups is 1. The van der Waals surface area contributed by atoms with Crippen molar-refractivity contribution in [1.82, 2.24) is 10.2 Å². The Morgan fingerprint density at radius 1 is 1.10 bits per heavy atom. The van der Waals surface area contributed by atoms with Crippen molar-refractivity contribution in [3.63, 3.8) is 0 Å². The molecule has 1 heterocycles. The van der Waals surface area contributed by atoms with Gasteiger partial charge in [0.25, 0.3) is 0 Å². The molecular weight excluding hydrogens is 391 g/mol. The van der Waals surface area contributed by atoms with Crippen LogP contribution in [0.1, 0.15) is 18.1 Å². The summed E-state index contributed by atoms with van der Waals surface area (Å²) in [4.78, 5) is 3.04. The summed E-state index contributed by atoms with van der Waals surface area (Å²) in [5.41, 5.74) is 1.78. The van der Waals surface area contributed by atoms with E-state index in [4.69, 9.17) is 26.4 Å². The van der Waals surface area contributed by atoms with Crippen LogP contribution >= 0.6 is 12.2 Å². The van der Waals surface area contributed by atoms with Gasteiger partial charge in [-0.15, -0.1) is 0 Å². The SMILES string of the molecule is CCOc1cc(C(=S)NCCN2CCOCC2)ccc1OCc1ccc(F)cc1. The van der Waals surface area contributed by atoms with Crippen LogP contribution in [-0.2, 0) is 11.3 Å². The molecule has 0 saturated carbocycles. The minimum absolute atomic E-state index is 0.261. The first-order chi connectivity index (χ1) is 14.2. The number of nitrogens with one attached hydrogen (secondary N) is 1. The third-order valence-electron chi connectivity index (χ3n) is 4.63. The minimum Gasteiger partial charge on any atom is -0.490 e. The van der Waals surface area contributed by atoms with Crippen LogP contribution in [0.15, 0.2) is 42.5 Å². The number of morpholine rings is 1. The molecule has 1 N–H and O–H groups in total. The second-order valence-electron chi connectivity index (χ2n) is 6.72. The van der Waals surface area contributed by atoms with E-state index in [1.165, 1.54) is 12.1 Å². The van der Waals surface area contributed by atoms with Crippen molar-refractivity contribution in [3.05, 3.63) is 59.4 Å². The molecule has 0 spiro atoms. The number of hydrogen-bond donors (Lipinski definition) is 1. The summed E-state index contributed by atoms with van der Waals surface area (Å²) in [6.45, 7) is 8.01. The Hall–Kier alpha value is -2.22. The van der Waals surface area contributed by atoms with Gasteiger partial charge in [0.1, 0.15) is 17.4 Å². The van der Waals surface area contributed by atoms with Gasteiger partial charge in [-0.3, -0.25) is 4.90 Å². The third-order valence-corrected chi connectivity index (χ3v) is 5.01. The highest BCUT2D eigenvalue weighted by molar-refractivity contribution is 7.80. The summed E-state index contributed by atoms with van der Waals surface area (Å²) in [5, 5.41) is 3.32. The molecule has 29 heavy (non-hydrogen) atoms. The van der Waals surface area contributed by atoms with Gasteiger partial charge in [-0.1, -0.05) is 24.4 Å². The second-order valence-corrected chi connectivity index (χ2v) is 7.13. The van der Waals surface area contributed by atoms with Gasteiger partial charge in [-0.2, -0.15) is 0 Å². The van der Waals surface area contributed by atoms with Crippen molar-refractivity contribution in [1.29, 1.82) is 0 Å². The number of ether oxygens (including phenoxy) is 3. The fourth-order valence-corrected chi connectivity index (χ4v) is 3.26. The smallest absolute Gasteiger partial charge is 0.161 e. The Kier molecular flexibility index (Phi) is 8.22. The number of hydrogen-bond acceptors (Lipinski definition) is 5. The van der Waals surface area contributed by atoms with Crippen molar-refractivity contribution in [2.24, 2.45) is 0 Å². The fourth-order valence-electron chi connectivity index (χ4n) is 3.03. The normalized spacial score (nSPS) is 14.4. The van der Waals surface area contributed by atoms with Crippen LogP contribution in [0.2, 0.25) is 0 Å². The lowest BCUT2D eigenvalue weighted by atomic mass is 10.2. The molecule has 0 bridgehead atoms. The molecule has 0 aliphatic carbocycles. The van der Waals surface area contributed by atoms with Crippen LogP contribution in [0, 0.1) is 5.82 Å². The Labute approximate surface area is 176 Å². The highest BCUT2D eigenvalue weighted by Crippen LogP contribution is 2.29. The van der Waals surface area contributed by atoms with E-state index in [0.717, 1.165) is 50.5 Å². The molecule has 0 amide bonds. The molecule has 2 aromatic rings. The van der Waals surface area contributed by atoms with Crippen LogP contribution in [0.25, 0.3) is 0 Å². The highest BCUT2D eigenvalue weighted by atomic mass is 32.1. The van der Waals surface area contributed by atoms with Gasteiger partial charge in [-0.05, 0) is 42.8 Å². The molecule has 3 rings (SSSR count). The van der Waals surface area contributed by atoms with Crippen molar-refractivity contribution < 1.29 is 18.6 Å². The molecule has 0 atom stereocenters. The maximum absolute atomic E-state index is 13.0. The number of rotatable bonds is 9. The fraction of sp³-hybridized carbons (Fsp3) is 0.409. The number of benzene rings is 2. The molecule has 0 radical (unpaired) electrons. The molecule has 1 aliphatic rings. The van der Waals surface area contributed by atoms with Crippen molar-refractivity contribution in [2.45, 2.75) is 13.5 Å². The average molecular weight is 419 g/mol. The van der Waals surface area contributed by atoms with Crippen molar-refractivity contribution in [3.8, 4) is 11.5 Å². The molecule has 5 nitrogen and oxygen atoms in total. The van der Waals surface area contributed by atoms with E-state index in [0.29, 0.717) is 29.7 Å². The summed E-state index contributed by atoms with van der Waals surface area (Å²) < 4.78 is 30.0. The quantitative estimate of drug-likeness (QED) is 0.630. The topological polar surface area (TPSA) is 43.0 Å². The Morgan fingerprint density at radius 3 is 2.59 bits per heavy atom. The first kappa shape index (κ1) is 21.5. The van der Waals surface area contributed by atoms with Crippen LogP contribution in [0.3, 0.4) is 0 Å². The lowest BCUT2D eigenvalue weighted by Gasteiger charge is -2.26. The zero-order valence-electron chi connectivity index (χ0n) is 16.7. The van der Waals surface area contributed by atoms with Crippen LogP contribution in [-0.4, -0.2) is 55.9 Å². The molecule has 2 aromatic carbocycles. The molecule has 0 aromatic heterocycles. The largest absolute Gasteiger partial charge is 0.490 e.